The Morgan fingerprint density at radius 1 is 1.53 bits per heavy atom. The Bertz CT molecular complexity index is 450. The number of hydrogen-bond donors (Lipinski definition) is 1. The molecule has 1 heterocycles. The molecular formula is C12H20BrN3O3. The zero-order valence-electron chi connectivity index (χ0n) is 11.5. The lowest BCUT2D eigenvalue weighted by Crippen LogP contribution is -2.29. The normalized spacial score (nSPS) is 12.4. The predicted molar refractivity (Wildman–Crippen MR) is 77.7 cm³/mol. The van der Waals surface area contributed by atoms with Gasteiger partial charge < -0.3 is 14.8 Å². The van der Waals surface area contributed by atoms with Crippen LogP contribution in [0.1, 0.15) is 13.3 Å². The minimum absolute atomic E-state index is 0.0741. The first-order valence-corrected chi connectivity index (χ1v) is 6.94. The highest BCUT2D eigenvalue weighted by Crippen LogP contribution is 2.16. The number of anilines is 1. The van der Waals surface area contributed by atoms with Crippen LogP contribution < -0.4 is 10.9 Å². The predicted octanol–water partition coefficient (Wildman–Crippen LogP) is 1.49. The largest absolute Gasteiger partial charge is 0.382 e. The average Bonchev–Trinajstić information content (AvgIpc) is 2.42. The Kier molecular flexibility index (Phi) is 7.04. The summed E-state index contributed by atoms with van der Waals surface area (Å²) < 4.78 is 12.2. The maximum atomic E-state index is 12.0. The molecule has 7 heteroatoms. The molecule has 0 saturated heterocycles. The first-order valence-electron chi connectivity index (χ1n) is 6.15. The van der Waals surface area contributed by atoms with Crippen LogP contribution >= 0.6 is 15.9 Å². The number of methoxy groups -OCH3 is 2. The molecular weight excluding hydrogens is 314 g/mol. The molecule has 0 aliphatic carbocycles. The Morgan fingerprint density at radius 3 is 2.84 bits per heavy atom. The van der Waals surface area contributed by atoms with E-state index in [2.05, 4.69) is 26.3 Å². The van der Waals surface area contributed by atoms with Crippen molar-refractivity contribution in [1.29, 1.82) is 0 Å². The van der Waals surface area contributed by atoms with Crippen molar-refractivity contribution in [2.75, 3.05) is 32.7 Å². The summed E-state index contributed by atoms with van der Waals surface area (Å²) in [5.41, 5.74) is 0.531. The smallest absolute Gasteiger partial charge is 0.283 e. The molecule has 0 aromatic carbocycles. The van der Waals surface area contributed by atoms with Crippen LogP contribution in [0.4, 0.5) is 5.69 Å². The van der Waals surface area contributed by atoms with Crippen molar-refractivity contribution in [2.24, 2.45) is 0 Å². The Hall–Kier alpha value is -0.920. The van der Waals surface area contributed by atoms with Gasteiger partial charge in [-0.05, 0) is 22.4 Å². The van der Waals surface area contributed by atoms with Crippen molar-refractivity contribution in [3.63, 3.8) is 0 Å². The standard InChI is InChI=1S/C12H20BrN3O3/c1-4-5-16-12(17)11(13)10(7-15-16)14-6-9(19-3)8-18-2/h7,9,14H,4-6,8H2,1-3H3. The number of ether oxygens (including phenoxy) is 2. The van der Waals surface area contributed by atoms with Crippen LogP contribution in [0.15, 0.2) is 15.5 Å². The highest BCUT2D eigenvalue weighted by molar-refractivity contribution is 9.10. The van der Waals surface area contributed by atoms with E-state index in [1.807, 2.05) is 6.92 Å². The first-order chi connectivity index (χ1) is 9.13. The number of halogens is 1. The number of aryl methyl sites for hydroxylation is 1. The van der Waals surface area contributed by atoms with E-state index in [0.717, 1.165) is 6.42 Å². The van der Waals surface area contributed by atoms with Crippen LogP contribution in [0.3, 0.4) is 0 Å². The van der Waals surface area contributed by atoms with Crippen molar-refractivity contribution in [1.82, 2.24) is 9.78 Å². The van der Waals surface area contributed by atoms with Gasteiger partial charge in [0.2, 0.25) is 0 Å². The van der Waals surface area contributed by atoms with Gasteiger partial charge in [-0.3, -0.25) is 4.79 Å². The second kappa shape index (κ2) is 8.29. The molecule has 108 valence electrons. The molecule has 1 aromatic rings. The summed E-state index contributed by atoms with van der Waals surface area (Å²) in [6.07, 6.45) is 2.43. The molecule has 0 radical (unpaired) electrons. The summed E-state index contributed by atoms with van der Waals surface area (Å²) in [5, 5.41) is 7.25. The zero-order valence-corrected chi connectivity index (χ0v) is 13.1. The molecule has 6 nitrogen and oxygen atoms in total. The van der Waals surface area contributed by atoms with E-state index in [9.17, 15) is 4.79 Å². The third kappa shape index (κ3) is 4.59. The lowest BCUT2D eigenvalue weighted by molar-refractivity contribution is 0.0365. The average molecular weight is 334 g/mol. The van der Waals surface area contributed by atoms with Crippen LogP contribution in [-0.2, 0) is 16.0 Å². The Labute approximate surface area is 121 Å². The molecule has 0 saturated carbocycles. The minimum Gasteiger partial charge on any atom is -0.382 e. The highest BCUT2D eigenvalue weighted by atomic mass is 79.9. The van der Waals surface area contributed by atoms with Crippen molar-refractivity contribution < 1.29 is 9.47 Å². The number of hydrogen-bond acceptors (Lipinski definition) is 5. The van der Waals surface area contributed by atoms with Gasteiger partial charge in [-0.2, -0.15) is 5.10 Å². The third-order valence-corrected chi connectivity index (χ3v) is 3.39. The molecule has 1 N–H and O–H groups in total. The number of nitrogens with one attached hydrogen (secondary N) is 1. The zero-order chi connectivity index (χ0) is 14.3. The number of nitrogens with zero attached hydrogens (tertiary/aromatic N) is 2. The molecule has 1 aromatic heterocycles. The molecule has 0 spiro atoms. The van der Waals surface area contributed by atoms with Gasteiger partial charge in [-0.1, -0.05) is 6.92 Å². The van der Waals surface area contributed by atoms with Crippen molar-refractivity contribution in [3.8, 4) is 0 Å². The topological polar surface area (TPSA) is 65.4 Å². The first kappa shape index (κ1) is 16.1. The van der Waals surface area contributed by atoms with E-state index < -0.39 is 0 Å². The van der Waals surface area contributed by atoms with Gasteiger partial charge in [-0.15, -0.1) is 0 Å². The second-order valence-electron chi connectivity index (χ2n) is 4.09. The fourth-order valence-corrected chi connectivity index (χ4v) is 2.03. The van der Waals surface area contributed by atoms with E-state index in [1.165, 1.54) is 4.68 Å². The molecule has 0 amide bonds. The van der Waals surface area contributed by atoms with Crippen molar-refractivity contribution in [2.45, 2.75) is 26.0 Å². The lowest BCUT2D eigenvalue weighted by atomic mass is 10.3. The van der Waals surface area contributed by atoms with Gasteiger partial charge in [-0.25, -0.2) is 4.68 Å². The molecule has 0 aliphatic rings. The molecule has 0 bridgehead atoms. The monoisotopic (exact) mass is 333 g/mol. The van der Waals surface area contributed by atoms with Gasteiger partial charge in [0.1, 0.15) is 4.47 Å². The highest BCUT2D eigenvalue weighted by Gasteiger charge is 2.11. The maximum absolute atomic E-state index is 12.0. The summed E-state index contributed by atoms with van der Waals surface area (Å²) in [5.74, 6) is 0. The summed E-state index contributed by atoms with van der Waals surface area (Å²) in [6, 6.07) is 0. The molecule has 1 rings (SSSR count). The Balaban J connectivity index is 2.74. The SMILES string of the molecule is CCCn1ncc(NCC(COC)OC)c(Br)c1=O. The second-order valence-corrected chi connectivity index (χ2v) is 4.89. The summed E-state index contributed by atoms with van der Waals surface area (Å²) in [6.45, 7) is 3.65. The maximum Gasteiger partial charge on any atom is 0.283 e. The third-order valence-electron chi connectivity index (χ3n) is 2.63. The molecule has 1 unspecified atom stereocenters. The van der Waals surface area contributed by atoms with E-state index in [4.69, 9.17) is 9.47 Å². The number of rotatable bonds is 8. The van der Waals surface area contributed by atoms with Gasteiger partial charge >= 0.3 is 0 Å². The van der Waals surface area contributed by atoms with Gasteiger partial charge in [0.15, 0.2) is 0 Å². The van der Waals surface area contributed by atoms with E-state index in [0.29, 0.717) is 29.9 Å². The molecule has 19 heavy (non-hydrogen) atoms. The number of aromatic nitrogens is 2. The quantitative estimate of drug-likeness (QED) is 0.780. The van der Waals surface area contributed by atoms with Crippen LogP contribution in [-0.4, -0.2) is 43.3 Å². The Morgan fingerprint density at radius 2 is 2.26 bits per heavy atom. The molecule has 0 fully saturated rings. The molecule has 0 aliphatic heterocycles. The fraction of sp³-hybridized carbons (Fsp3) is 0.667. The summed E-state index contributed by atoms with van der Waals surface area (Å²) in [7, 11) is 3.24. The van der Waals surface area contributed by atoms with Crippen LogP contribution in [0, 0.1) is 0 Å². The fourth-order valence-electron chi connectivity index (χ4n) is 1.58. The van der Waals surface area contributed by atoms with E-state index >= 15 is 0 Å². The summed E-state index contributed by atoms with van der Waals surface area (Å²) >= 11 is 3.30. The minimum atomic E-state index is -0.132. The van der Waals surface area contributed by atoms with Crippen LogP contribution in [0.25, 0.3) is 0 Å². The van der Waals surface area contributed by atoms with Crippen LogP contribution in [0.2, 0.25) is 0 Å². The summed E-state index contributed by atoms with van der Waals surface area (Å²) in [4.78, 5) is 12.0. The van der Waals surface area contributed by atoms with E-state index in [-0.39, 0.29) is 11.7 Å². The molecule has 1 atom stereocenters. The lowest BCUT2D eigenvalue weighted by Gasteiger charge is -2.16. The van der Waals surface area contributed by atoms with Crippen LogP contribution in [0.5, 0.6) is 0 Å². The van der Waals surface area contributed by atoms with Crippen molar-refractivity contribution in [3.05, 3.63) is 21.0 Å². The van der Waals surface area contributed by atoms with E-state index in [1.54, 1.807) is 20.4 Å². The van der Waals surface area contributed by atoms with Gasteiger partial charge in [0.05, 0.1) is 24.6 Å². The van der Waals surface area contributed by atoms with Gasteiger partial charge in [0, 0.05) is 27.3 Å². The van der Waals surface area contributed by atoms with Crippen molar-refractivity contribution >= 4 is 21.6 Å². The van der Waals surface area contributed by atoms with Gasteiger partial charge in [0.25, 0.3) is 5.56 Å².